The molecule has 0 aliphatic carbocycles. The number of ether oxygens (including phenoxy) is 1. The number of amides is 1. The van der Waals surface area contributed by atoms with E-state index in [9.17, 15) is 4.79 Å². The summed E-state index contributed by atoms with van der Waals surface area (Å²) in [5.74, 6) is 2.53. The fourth-order valence-electron chi connectivity index (χ4n) is 3.10. The van der Waals surface area contributed by atoms with Gasteiger partial charge in [-0.2, -0.15) is 0 Å². The van der Waals surface area contributed by atoms with Crippen molar-refractivity contribution in [3.8, 4) is 11.5 Å². The van der Waals surface area contributed by atoms with Crippen LogP contribution in [0.25, 0.3) is 11.0 Å². The molecule has 4 aromatic rings. The summed E-state index contributed by atoms with van der Waals surface area (Å²) in [5.41, 5.74) is 2.80. The standard InChI is InChI=1S/C22H20BrN5O2/c1-3-28-20-9-8-17(30-18-10-11-24-21(13-18)27(2)14-29)12-19(20)26-22(28)25-16-6-4-15(23)5-7-16/h4-14H,3H2,1-2H3,(H,25,26). The summed E-state index contributed by atoms with van der Waals surface area (Å²) in [5, 5.41) is 3.38. The molecule has 4 rings (SSSR count). The van der Waals surface area contributed by atoms with Gasteiger partial charge < -0.3 is 19.5 Å². The first-order valence-corrected chi connectivity index (χ1v) is 10.2. The number of rotatable bonds is 7. The van der Waals surface area contributed by atoms with Gasteiger partial charge in [-0.3, -0.25) is 4.79 Å². The highest BCUT2D eigenvalue weighted by atomic mass is 79.9. The first kappa shape index (κ1) is 19.9. The number of carbonyl (C=O) groups is 1. The highest BCUT2D eigenvalue weighted by Crippen LogP contribution is 2.29. The molecular weight excluding hydrogens is 446 g/mol. The van der Waals surface area contributed by atoms with E-state index < -0.39 is 0 Å². The topological polar surface area (TPSA) is 72.3 Å². The summed E-state index contributed by atoms with van der Waals surface area (Å²) in [6.45, 7) is 2.86. The number of fused-ring (bicyclic) bond motifs is 1. The summed E-state index contributed by atoms with van der Waals surface area (Å²) >= 11 is 3.45. The van der Waals surface area contributed by atoms with E-state index in [1.165, 1.54) is 4.90 Å². The number of hydrogen-bond acceptors (Lipinski definition) is 5. The minimum Gasteiger partial charge on any atom is -0.457 e. The number of carbonyl (C=O) groups excluding carboxylic acids is 1. The van der Waals surface area contributed by atoms with Crippen LogP contribution in [0.15, 0.2) is 65.3 Å². The van der Waals surface area contributed by atoms with Crippen molar-refractivity contribution in [2.75, 3.05) is 17.3 Å². The molecule has 0 saturated carbocycles. The van der Waals surface area contributed by atoms with E-state index in [0.29, 0.717) is 23.7 Å². The largest absolute Gasteiger partial charge is 0.457 e. The Bertz CT molecular complexity index is 1190. The Balaban J connectivity index is 1.62. The van der Waals surface area contributed by atoms with E-state index in [2.05, 4.69) is 37.7 Å². The number of aromatic nitrogens is 3. The minimum absolute atomic E-state index is 0.514. The Hall–Kier alpha value is -3.39. The molecule has 2 aromatic heterocycles. The lowest BCUT2D eigenvalue weighted by Crippen LogP contribution is -2.14. The Labute approximate surface area is 182 Å². The number of nitrogens with zero attached hydrogens (tertiary/aromatic N) is 4. The lowest BCUT2D eigenvalue weighted by Gasteiger charge is -2.11. The van der Waals surface area contributed by atoms with Gasteiger partial charge in [0.05, 0.1) is 11.0 Å². The van der Waals surface area contributed by atoms with Crippen LogP contribution >= 0.6 is 15.9 Å². The second-order valence-electron chi connectivity index (χ2n) is 6.63. The van der Waals surface area contributed by atoms with E-state index >= 15 is 0 Å². The van der Waals surface area contributed by atoms with Crippen molar-refractivity contribution in [1.82, 2.24) is 14.5 Å². The van der Waals surface area contributed by atoms with Gasteiger partial charge in [0, 0.05) is 42.1 Å². The number of nitrogens with one attached hydrogen (secondary N) is 1. The number of imidazole rings is 1. The summed E-state index contributed by atoms with van der Waals surface area (Å²) in [7, 11) is 1.64. The third kappa shape index (κ3) is 4.13. The van der Waals surface area contributed by atoms with Gasteiger partial charge >= 0.3 is 0 Å². The van der Waals surface area contributed by atoms with Crippen molar-refractivity contribution < 1.29 is 9.53 Å². The fraction of sp³-hybridized carbons (Fsp3) is 0.136. The molecule has 2 aromatic carbocycles. The van der Waals surface area contributed by atoms with Gasteiger partial charge in [-0.05, 0) is 49.4 Å². The molecule has 0 aliphatic heterocycles. The molecule has 0 radical (unpaired) electrons. The van der Waals surface area contributed by atoms with E-state index in [1.807, 2.05) is 42.5 Å². The number of hydrogen-bond donors (Lipinski definition) is 1. The van der Waals surface area contributed by atoms with Crippen LogP contribution in [0.5, 0.6) is 11.5 Å². The fourth-order valence-corrected chi connectivity index (χ4v) is 3.36. The van der Waals surface area contributed by atoms with Crippen LogP contribution in [0.3, 0.4) is 0 Å². The second kappa shape index (κ2) is 8.54. The molecule has 7 nitrogen and oxygen atoms in total. The van der Waals surface area contributed by atoms with Crippen LogP contribution in [0.2, 0.25) is 0 Å². The zero-order valence-corrected chi connectivity index (χ0v) is 18.1. The first-order chi connectivity index (χ1) is 14.6. The predicted molar refractivity (Wildman–Crippen MR) is 122 cm³/mol. The molecular formula is C22H20BrN5O2. The van der Waals surface area contributed by atoms with Crippen molar-refractivity contribution in [3.63, 3.8) is 0 Å². The van der Waals surface area contributed by atoms with Gasteiger partial charge in [0.15, 0.2) is 0 Å². The molecule has 1 N–H and O–H groups in total. The number of anilines is 3. The van der Waals surface area contributed by atoms with Gasteiger partial charge in [0.1, 0.15) is 17.3 Å². The van der Waals surface area contributed by atoms with Gasteiger partial charge in [-0.15, -0.1) is 0 Å². The zero-order valence-electron chi connectivity index (χ0n) is 16.5. The monoisotopic (exact) mass is 465 g/mol. The normalized spacial score (nSPS) is 10.8. The first-order valence-electron chi connectivity index (χ1n) is 9.42. The van der Waals surface area contributed by atoms with E-state index in [4.69, 9.17) is 9.72 Å². The molecule has 2 heterocycles. The van der Waals surface area contributed by atoms with Crippen LogP contribution in [0.4, 0.5) is 17.5 Å². The molecule has 0 aliphatic rings. The molecule has 152 valence electrons. The lowest BCUT2D eigenvalue weighted by molar-refractivity contribution is -0.107. The third-order valence-electron chi connectivity index (χ3n) is 4.61. The molecule has 0 unspecified atom stereocenters. The summed E-state index contributed by atoms with van der Waals surface area (Å²) in [4.78, 5) is 21.3. The zero-order chi connectivity index (χ0) is 21.1. The molecule has 8 heteroatoms. The van der Waals surface area contributed by atoms with Crippen molar-refractivity contribution in [3.05, 3.63) is 65.3 Å². The van der Waals surface area contributed by atoms with E-state index in [1.54, 1.807) is 25.4 Å². The predicted octanol–water partition coefficient (Wildman–Crippen LogP) is 5.34. The smallest absolute Gasteiger partial charge is 0.215 e. The van der Waals surface area contributed by atoms with Crippen molar-refractivity contribution >= 4 is 50.8 Å². The SMILES string of the molecule is CCn1c(Nc2ccc(Br)cc2)nc2cc(Oc3ccnc(N(C)C=O)c3)ccc21. The maximum absolute atomic E-state index is 11.0. The highest BCUT2D eigenvalue weighted by molar-refractivity contribution is 9.10. The number of aryl methyl sites for hydroxylation is 1. The van der Waals surface area contributed by atoms with Gasteiger partial charge in [0.2, 0.25) is 12.4 Å². The molecule has 0 atom stereocenters. The average molecular weight is 466 g/mol. The lowest BCUT2D eigenvalue weighted by atomic mass is 10.3. The molecule has 0 bridgehead atoms. The van der Waals surface area contributed by atoms with E-state index in [-0.39, 0.29) is 0 Å². The Kier molecular flexibility index (Phi) is 5.67. The Morgan fingerprint density at radius 2 is 1.90 bits per heavy atom. The maximum Gasteiger partial charge on any atom is 0.215 e. The van der Waals surface area contributed by atoms with Crippen LogP contribution in [0.1, 0.15) is 6.92 Å². The van der Waals surface area contributed by atoms with Gasteiger partial charge in [-0.25, -0.2) is 9.97 Å². The van der Waals surface area contributed by atoms with E-state index in [0.717, 1.165) is 33.7 Å². The molecule has 30 heavy (non-hydrogen) atoms. The average Bonchev–Trinajstić information content (AvgIpc) is 3.11. The number of halogens is 1. The van der Waals surface area contributed by atoms with Crippen LogP contribution in [-0.2, 0) is 11.3 Å². The van der Waals surface area contributed by atoms with Crippen molar-refractivity contribution in [1.29, 1.82) is 0 Å². The summed E-state index contributed by atoms with van der Waals surface area (Å²) in [6, 6.07) is 17.2. The van der Waals surface area contributed by atoms with Gasteiger partial charge in [0.25, 0.3) is 0 Å². The van der Waals surface area contributed by atoms with Crippen LogP contribution in [-0.4, -0.2) is 28.0 Å². The van der Waals surface area contributed by atoms with Crippen LogP contribution < -0.4 is 15.0 Å². The molecule has 0 spiro atoms. The molecule has 0 saturated heterocycles. The number of pyridine rings is 1. The quantitative estimate of drug-likeness (QED) is 0.372. The van der Waals surface area contributed by atoms with Crippen molar-refractivity contribution in [2.24, 2.45) is 0 Å². The summed E-state index contributed by atoms with van der Waals surface area (Å²) in [6.07, 6.45) is 2.31. The Morgan fingerprint density at radius 1 is 1.13 bits per heavy atom. The van der Waals surface area contributed by atoms with Gasteiger partial charge in [-0.1, -0.05) is 15.9 Å². The molecule has 1 amide bonds. The molecule has 0 fully saturated rings. The third-order valence-corrected chi connectivity index (χ3v) is 5.14. The highest BCUT2D eigenvalue weighted by Gasteiger charge is 2.12. The Morgan fingerprint density at radius 3 is 2.63 bits per heavy atom. The minimum atomic E-state index is 0.514. The number of benzene rings is 2. The van der Waals surface area contributed by atoms with Crippen LogP contribution in [0, 0.1) is 0 Å². The summed E-state index contributed by atoms with van der Waals surface area (Å²) < 4.78 is 9.12. The van der Waals surface area contributed by atoms with Crippen molar-refractivity contribution in [2.45, 2.75) is 13.5 Å². The maximum atomic E-state index is 11.0. The second-order valence-corrected chi connectivity index (χ2v) is 7.55.